The number of thioether (sulfide) groups is 1. The maximum atomic E-state index is 12.6. The van der Waals surface area contributed by atoms with Gasteiger partial charge in [-0.3, -0.25) is 4.79 Å². The van der Waals surface area contributed by atoms with E-state index in [4.69, 9.17) is 17.3 Å². The second-order valence-corrected chi connectivity index (χ2v) is 6.59. The van der Waals surface area contributed by atoms with Crippen LogP contribution < -0.4 is 10.6 Å². The molecule has 0 bridgehead atoms. The molecule has 2 heterocycles. The number of halogens is 1. The Kier molecular flexibility index (Phi) is 3.43. The average Bonchev–Trinajstić information content (AvgIpc) is 2.83. The van der Waals surface area contributed by atoms with Crippen LogP contribution in [0.1, 0.15) is 9.67 Å². The average molecular weight is 311 g/mol. The van der Waals surface area contributed by atoms with Crippen LogP contribution in [0, 0.1) is 0 Å². The number of thiophene rings is 1. The standard InChI is InChI=1S/C13H11ClN2OS2/c14-9-3-5-19-12(9)13(17)16-4-6-18-11-2-1-8(15)7-10(11)16/h1-3,5,7H,4,6,15H2. The first kappa shape index (κ1) is 12.8. The van der Waals surface area contributed by atoms with Crippen molar-refractivity contribution in [3.8, 4) is 0 Å². The molecule has 1 amide bonds. The normalized spacial score (nSPS) is 14.3. The molecule has 98 valence electrons. The number of hydrogen-bond acceptors (Lipinski definition) is 4. The summed E-state index contributed by atoms with van der Waals surface area (Å²) >= 11 is 9.16. The Morgan fingerprint density at radius 2 is 2.21 bits per heavy atom. The lowest BCUT2D eigenvalue weighted by atomic mass is 10.2. The van der Waals surface area contributed by atoms with Gasteiger partial charge in [-0.05, 0) is 29.6 Å². The molecule has 2 aromatic rings. The highest BCUT2D eigenvalue weighted by Crippen LogP contribution is 2.37. The molecule has 0 saturated carbocycles. The fraction of sp³-hybridized carbons (Fsp3) is 0.154. The number of fused-ring (bicyclic) bond motifs is 1. The van der Waals surface area contributed by atoms with Crippen LogP contribution in [-0.2, 0) is 0 Å². The molecule has 0 aliphatic carbocycles. The predicted molar refractivity (Wildman–Crippen MR) is 82.6 cm³/mol. The zero-order chi connectivity index (χ0) is 13.4. The molecule has 1 aromatic carbocycles. The number of rotatable bonds is 1. The van der Waals surface area contributed by atoms with Gasteiger partial charge in [-0.25, -0.2) is 0 Å². The van der Waals surface area contributed by atoms with Gasteiger partial charge in [0.25, 0.3) is 5.91 Å². The van der Waals surface area contributed by atoms with Gasteiger partial charge in [0.1, 0.15) is 4.88 Å². The van der Waals surface area contributed by atoms with E-state index in [-0.39, 0.29) is 5.91 Å². The summed E-state index contributed by atoms with van der Waals surface area (Å²) in [6.45, 7) is 0.675. The topological polar surface area (TPSA) is 46.3 Å². The van der Waals surface area contributed by atoms with Gasteiger partial charge < -0.3 is 10.6 Å². The fourth-order valence-corrected chi connectivity index (χ4v) is 4.07. The summed E-state index contributed by atoms with van der Waals surface area (Å²) < 4.78 is 0. The van der Waals surface area contributed by atoms with Gasteiger partial charge in [0.2, 0.25) is 0 Å². The molecule has 2 N–H and O–H groups in total. The number of nitrogen functional groups attached to an aromatic ring is 1. The monoisotopic (exact) mass is 310 g/mol. The second-order valence-electron chi connectivity index (χ2n) is 4.13. The van der Waals surface area contributed by atoms with Crippen LogP contribution in [-0.4, -0.2) is 18.2 Å². The molecule has 3 rings (SSSR count). The van der Waals surface area contributed by atoms with Gasteiger partial charge in [0.05, 0.1) is 10.7 Å². The van der Waals surface area contributed by atoms with Crippen LogP contribution in [0.15, 0.2) is 34.5 Å². The van der Waals surface area contributed by atoms with Crippen molar-refractivity contribution in [3.63, 3.8) is 0 Å². The molecule has 1 aromatic heterocycles. The summed E-state index contributed by atoms with van der Waals surface area (Å²) in [6.07, 6.45) is 0. The molecule has 0 unspecified atom stereocenters. The first-order valence-electron chi connectivity index (χ1n) is 5.74. The van der Waals surface area contributed by atoms with E-state index in [2.05, 4.69) is 0 Å². The highest BCUT2D eigenvalue weighted by atomic mass is 35.5. The molecule has 0 spiro atoms. The zero-order valence-electron chi connectivity index (χ0n) is 9.93. The summed E-state index contributed by atoms with van der Waals surface area (Å²) in [7, 11) is 0. The lowest BCUT2D eigenvalue weighted by Crippen LogP contribution is -2.35. The quantitative estimate of drug-likeness (QED) is 0.816. The zero-order valence-corrected chi connectivity index (χ0v) is 12.3. The molecular weight excluding hydrogens is 300 g/mol. The summed E-state index contributed by atoms with van der Waals surface area (Å²) in [5.41, 5.74) is 7.37. The number of amides is 1. The third-order valence-electron chi connectivity index (χ3n) is 2.90. The van der Waals surface area contributed by atoms with Crippen molar-refractivity contribution < 1.29 is 4.79 Å². The van der Waals surface area contributed by atoms with Crippen molar-refractivity contribution >= 4 is 52.0 Å². The lowest BCUT2D eigenvalue weighted by Gasteiger charge is -2.29. The molecular formula is C13H11ClN2OS2. The van der Waals surface area contributed by atoms with Crippen LogP contribution in [0.5, 0.6) is 0 Å². The lowest BCUT2D eigenvalue weighted by molar-refractivity contribution is 0.0991. The van der Waals surface area contributed by atoms with Crippen molar-refractivity contribution in [3.05, 3.63) is 39.5 Å². The van der Waals surface area contributed by atoms with E-state index in [1.54, 1.807) is 22.7 Å². The SMILES string of the molecule is Nc1ccc2c(c1)N(C(=O)c1sccc1Cl)CCS2. The Bertz CT molecular complexity index is 641. The van der Waals surface area contributed by atoms with Crippen molar-refractivity contribution in [1.29, 1.82) is 0 Å². The van der Waals surface area contributed by atoms with Gasteiger partial charge >= 0.3 is 0 Å². The van der Waals surface area contributed by atoms with Gasteiger partial charge in [-0.1, -0.05) is 11.6 Å². The summed E-state index contributed by atoms with van der Waals surface area (Å²) in [4.78, 5) is 16.0. The van der Waals surface area contributed by atoms with Crippen LogP contribution in [0.3, 0.4) is 0 Å². The minimum Gasteiger partial charge on any atom is -0.399 e. The van der Waals surface area contributed by atoms with Gasteiger partial charge in [0.15, 0.2) is 0 Å². The maximum Gasteiger partial charge on any atom is 0.269 e. The summed E-state index contributed by atoms with van der Waals surface area (Å²) in [5, 5.41) is 2.34. The van der Waals surface area contributed by atoms with Crippen molar-refractivity contribution in [2.24, 2.45) is 0 Å². The van der Waals surface area contributed by atoms with E-state index < -0.39 is 0 Å². The van der Waals surface area contributed by atoms with Crippen molar-refractivity contribution in [2.45, 2.75) is 4.90 Å². The van der Waals surface area contributed by atoms with Crippen LogP contribution in [0.25, 0.3) is 0 Å². The molecule has 0 radical (unpaired) electrons. The molecule has 0 fully saturated rings. The van der Waals surface area contributed by atoms with E-state index in [1.807, 2.05) is 23.6 Å². The Hall–Kier alpha value is -1.17. The van der Waals surface area contributed by atoms with E-state index in [1.165, 1.54) is 11.3 Å². The molecule has 1 aliphatic rings. The number of hydrogen-bond donors (Lipinski definition) is 1. The van der Waals surface area contributed by atoms with Gasteiger partial charge in [0, 0.05) is 22.9 Å². The second kappa shape index (κ2) is 5.07. The highest BCUT2D eigenvalue weighted by Gasteiger charge is 2.26. The minimum absolute atomic E-state index is 0.0489. The smallest absolute Gasteiger partial charge is 0.269 e. The van der Waals surface area contributed by atoms with E-state index in [9.17, 15) is 4.79 Å². The molecule has 0 saturated heterocycles. The molecule has 19 heavy (non-hydrogen) atoms. The number of carbonyl (C=O) groups is 1. The number of anilines is 2. The van der Waals surface area contributed by atoms with Crippen molar-refractivity contribution in [1.82, 2.24) is 0 Å². The largest absolute Gasteiger partial charge is 0.399 e. The molecule has 1 aliphatic heterocycles. The molecule has 3 nitrogen and oxygen atoms in total. The predicted octanol–water partition coefficient (Wildman–Crippen LogP) is 3.74. The first-order chi connectivity index (χ1) is 9.16. The van der Waals surface area contributed by atoms with E-state index in [0.717, 1.165) is 16.3 Å². The number of benzene rings is 1. The Morgan fingerprint density at radius 3 is 2.95 bits per heavy atom. The number of nitrogens with two attached hydrogens (primary N) is 1. The molecule has 0 atom stereocenters. The third-order valence-corrected chi connectivity index (χ3v) is 5.28. The minimum atomic E-state index is -0.0489. The summed E-state index contributed by atoms with van der Waals surface area (Å²) in [6, 6.07) is 7.42. The van der Waals surface area contributed by atoms with Crippen molar-refractivity contribution in [2.75, 3.05) is 22.9 Å². The molecule has 6 heteroatoms. The Balaban J connectivity index is 2.02. The van der Waals surface area contributed by atoms with Crippen LogP contribution in [0.4, 0.5) is 11.4 Å². The van der Waals surface area contributed by atoms with Gasteiger partial charge in [-0.15, -0.1) is 23.1 Å². The number of carbonyl (C=O) groups excluding carboxylic acids is 1. The van der Waals surface area contributed by atoms with Crippen LogP contribution in [0.2, 0.25) is 5.02 Å². The fourth-order valence-electron chi connectivity index (χ4n) is 2.01. The van der Waals surface area contributed by atoms with E-state index in [0.29, 0.717) is 22.1 Å². The Labute approximate surface area is 124 Å². The van der Waals surface area contributed by atoms with E-state index >= 15 is 0 Å². The first-order valence-corrected chi connectivity index (χ1v) is 7.98. The van der Waals surface area contributed by atoms with Gasteiger partial charge in [-0.2, -0.15) is 0 Å². The third kappa shape index (κ3) is 2.33. The Morgan fingerprint density at radius 1 is 1.37 bits per heavy atom. The summed E-state index contributed by atoms with van der Waals surface area (Å²) in [5.74, 6) is 0.832. The van der Waals surface area contributed by atoms with Crippen LogP contribution >= 0.6 is 34.7 Å². The highest BCUT2D eigenvalue weighted by molar-refractivity contribution is 7.99. The maximum absolute atomic E-state index is 12.6. The number of nitrogens with zero attached hydrogens (tertiary/aromatic N) is 1.